The predicted molar refractivity (Wildman–Crippen MR) is 233 cm³/mol. The van der Waals surface area contributed by atoms with Crippen LogP contribution in [0, 0.1) is 0 Å². The van der Waals surface area contributed by atoms with E-state index in [1.807, 2.05) is 60.7 Å². The van der Waals surface area contributed by atoms with Gasteiger partial charge in [0.1, 0.15) is 24.4 Å². The van der Waals surface area contributed by atoms with Crippen LogP contribution in [0.5, 0.6) is 0 Å². The maximum atomic E-state index is 13.0. The highest BCUT2D eigenvalue weighted by atomic mass is 32.2. The van der Waals surface area contributed by atoms with Crippen LogP contribution >= 0.6 is 22.7 Å². The van der Waals surface area contributed by atoms with Crippen LogP contribution in [-0.4, -0.2) is 48.8 Å². The van der Waals surface area contributed by atoms with Crippen LogP contribution in [0.3, 0.4) is 0 Å². The molecule has 0 aliphatic heterocycles. The normalized spacial score (nSPS) is 15.4. The van der Waals surface area contributed by atoms with Crippen molar-refractivity contribution in [3.63, 3.8) is 0 Å². The summed E-state index contributed by atoms with van der Waals surface area (Å²) in [5.41, 5.74) is 27.1. The molecule has 0 bridgehead atoms. The lowest BCUT2D eigenvalue weighted by atomic mass is 10.00. The molecule has 15 heteroatoms. The number of thiophene rings is 2. The van der Waals surface area contributed by atoms with E-state index in [1.54, 1.807) is 24.8 Å². The summed E-state index contributed by atoms with van der Waals surface area (Å²) in [5, 5.41) is 2.18. The van der Waals surface area contributed by atoms with Crippen molar-refractivity contribution in [2.24, 2.45) is 0 Å². The molecule has 2 aliphatic rings. The van der Waals surface area contributed by atoms with Crippen LogP contribution < -0.4 is 17.2 Å². The summed E-state index contributed by atoms with van der Waals surface area (Å²) < 4.78 is 27.5. The fourth-order valence-corrected chi connectivity index (χ4v) is 13.3. The van der Waals surface area contributed by atoms with Crippen molar-refractivity contribution in [2.45, 2.75) is 57.4 Å². The fraction of sp³-hybridized carbons (Fsp3) is 0.190. The summed E-state index contributed by atoms with van der Waals surface area (Å²) in [6.07, 6.45) is 14.6. The van der Waals surface area contributed by atoms with Crippen molar-refractivity contribution >= 4 is 82.0 Å². The topological polar surface area (TPSA) is 190 Å². The number of rotatable bonds is 8. The first-order chi connectivity index (χ1) is 27.8. The molecule has 6 N–H and O–H groups in total. The minimum Gasteiger partial charge on any atom is -0.396 e. The second-order valence-corrected chi connectivity index (χ2v) is 19.8. The van der Waals surface area contributed by atoms with Gasteiger partial charge in [-0.3, -0.25) is 8.42 Å². The smallest absolute Gasteiger partial charge is 0.219 e. The third-order valence-electron chi connectivity index (χ3n) is 10.4. The Balaban J connectivity index is 0.000000148. The number of nitrogen functional groups attached to an aromatic ring is 3. The molecule has 286 valence electrons. The molecule has 6 heterocycles. The van der Waals surface area contributed by atoms with Crippen LogP contribution in [0.2, 0.25) is 0 Å². The summed E-state index contributed by atoms with van der Waals surface area (Å²) in [7, 11) is -2.16. The Morgan fingerprint density at radius 2 is 0.982 bits per heavy atom. The maximum absolute atomic E-state index is 13.0. The molecule has 10 rings (SSSR count). The Morgan fingerprint density at radius 1 is 0.561 bits per heavy atom. The molecule has 6 aromatic heterocycles. The Kier molecular flexibility index (Phi) is 10.3. The number of hydrogen-bond donors (Lipinski definition) is 3. The summed E-state index contributed by atoms with van der Waals surface area (Å²) in [5.74, 6) is 0.219. The highest BCUT2D eigenvalue weighted by Crippen LogP contribution is 2.46. The Morgan fingerprint density at radius 3 is 1.39 bits per heavy atom. The Labute approximate surface area is 341 Å². The lowest BCUT2D eigenvalue weighted by molar-refractivity contribution is 0.505. The SMILES string of the molecule is Nc1c(S(=O)C2CCC2)sc2nc(-c3cncnc3)cc(-c3ccccc3)c12.Nc1ncc(-c2cc(-c3ccccc3)c3c(N)c(S(=O)C4CCC4)sc3n2)cn1. The van der Waals surface area contributed by atoms with Gasteiger partial charge in [0.2, 0.25) is 5.95 Å². The molecule has 0 spiro atoms. The highest BCUT2D eigenvalue weighted by molar-refractivity contribution is 7.88. The first-order valence-corrected chi connectivity index (χ1v) is 22.6. The standard InChI is InChI=1S/C21H19N5OS2.C21H18N4OS2/c22-18-17-15(12-5-2-1-3-6-12)9-16(13-10-24-21(23)25-11-13)26-19(17)28-20(18)29(27)14-7-4-8-14;22-19-18-16(13-5-2-1-3-6-13)9-17(14-10-23-12-24-11-14)25-20(18)27-21(19)28(26)15-7-4-8-15/h1-3,5-6,9-11,14H,4,7-8,22H2,(H2,23,24,25);1-3,5-6,9-12,15H,4,7-8,22H2. The van der Waals surface area contributed by atoms with Gasteiger partial charge in [-0.05, 0) is 60.1 Å². The van der Waals surface area contributed by atoms with Gasteiger partial charge in [-0.2, -0.15) is 0 Å². The summed E-state index contributed by atoms with van der Waals surface area (Å²) >= 11 is 2.88. The van der Waals surface area contributed by atoms with E-state index in [-0.39, 0.29) is 16.4 Å². The van der Waals surface area contributed by atoms with Gasteiger partial charge >= 0.3 is 0 Å². The summed E-state index contributed by atoms with van der Waals surface area (Å²) in [4.78, 5) is 27.6. The minimum atomic E-state index is -1.09. The average Bonchev–Trinajstić information content (AvgIpc) is 3.73. The largest absolute Gasteiger partial charge is 0.396 e. The first kappa shape index (κ1) is 37.1. The second-order valence-electron chi connectivity index (χ2n) is 14.0. The number of aromatic nitrogens is 6. The number of nitrogens with two attached hydrogens (primary N) is 3. The van der Waals surface area contributed by atoms with Gasteiger partial charge in [-0.15, -0.1) is 22.7 Å². The molecule has 8 aromatic rings. The zero-order valence-corrected chi connectivity index (χ0v) is 33.8. The van der Waals surface area contributed by atoms with E-state index in [1.165, 1.54) is 29.0 Å². The average molecular weight is 828 g/mol. The molecule has 2 unspecified atom stereocenters. The molecule has 2 aromatic carbocycles. The van der Waals surface area contributed by atoms with Crippen LogP contribution in [0.4, 0.5) is 17.3 Å². The second kappa shape index (κ2) is 15.8. The molecular formula is C42H37N9O2S4. The van der Waals surface area contributed by atoms with Crippen molar-refractivity contribution in [1.82, 2.24) is 29.9 Å². The lowest BCUT2D eigenvalue weighted by Crippen LogP contribution is -2.23. The Bertz CT molecular complexity index is 2770. The number of nitrogens with zero attached hydrogens (tertiary/aromatic N) is 6. The summed E-state index contributed by atoms with van der Waals surface area (Å²) in [6, 6.07) is 24.2. The van der Waals surface area contributed by atoms with E-state index in [0.717, 1.165) is 112 Å². The van der Waals surface area contributed by atoms with E-state index >= 15 is 0 Å². The molecule has 0 saturated heterocycles. The van der Waals surface area contributed by atoms with Gasteiger partial charge in [0, 0.05) is 57.2 Å². The van der Waals surface area contributed by atoms with Crippen molar-refractivity contribution in [2.75, 3.05) is 17.2 Å². The highest BCUT2D eigenvalue weighted by Gasteiger charge is 2.31. The van der Waals surface area contributed by atoms with Gasteiger partial charge in [0.05, 0.1) is 44.4 Å². The third-order valence-corrected chi connectivity index (χ3v) is 17.0. The lowest BCUT2D eigenvalue weighted by Gasteiger charge is -2.23. The number of hydrogen-bond acceptors (Lipinski definition) is 13. The zero-order valence-electron chi connectivity index (χ0n) is 30.6. The van der Waals surface area contributed by atoms with E-state index < -0.39 is 21.6 Å². The van der Waals surface area contributed by atoms with Crippen molar-refractivity contribution < 1.29 is 8.42 Å². The van der Waals surface area contributed by atoms with Crippen molar-refractivity contribution in [3.05, 3.63) is 104 Å². The van der Waals surface area contributed by atoms with Crippen LogP contribution in [0.1, 0.15) is 38.5 Å². The summed E-state index contributed by atoms with van der Waals surface area (Å²) in [6.45, 7) is 0. The molecule has 2 saturated carbocycles. The zero-order chi connectivity index (χ0) is 39.0. The third kappa shape index (κ3) is 7.20. The van der Waals surface area contributed by atoms with Gasteiger partial charge in [0.25, 0.3) is 0 Å². The number of pyridine rings is 2. The van der Waals surface area contributed by atoms with Crippen molar-refractivity contribution in [3.8, 4) is 44.8 Å². The van der Waals surface area contributed by atoms with Crippen LogP contribution in [0.25, 0.3) is 65.2 Å². The molecule has 11 nitrogen and oxygen atoms in total. The van der Waals surface area contributed by atoms with Gasteiger partial charge in [-0.1, -0.05) is 73.5 Å². The molecule has 57 heavy (non-hydrogen) atoms. The Hall–Kier alpha value is -5.48. The fourth-order valence-electron chi connectivity index (χ4n) is 6.86. The first-order valence-electron chi connectivity index (χ1n) is 18.6. The van der Waals surface area contributed by atoms with E-state index in [2.05, 4.69) is 32.1 Å². The molecular weight excluding hydrogens is 791 g/mol. The monoisotopic (exact) mass is 827 g/mol. The minimum absolute atomic E-state index is 0.204. The van der Waals surface area contributed by atoms with Crippen molar-refractivity contribution in [1.29, 1.82) is 0 Å². The van der Waals surface area contributed by atoms with E-state index in [0.29, 0.717) is 11.4 Å². The number of benzene rings is 2. The van der Waals surface area contributed by atoms with Gasteiger partial charge in [0.15, 0.2) is 0 Å². The maximum Gasteiger partial charge on any atom is 0.219 e. The quantitative estimate of drug-likeness (QED) is 0.133. The molecule has 0 radical (unpaired) electrons. The van der Waals surface area contributed by atoms with Gasteiger partial charge in [-0.25, -0.2) is 29.9 Å². The molecule has 0 amide bonds. The number of fused-ring (bicyclic) bond motifs is 2. The molecule has 2 fully saturated rings. The molecule has 2 atom stereocenters. The molecule has 2 aliphatic carbocycles. The number of anilines is 3. The van der Waals surface area contributed by atoms with E-state index in [4.69, 9.17) is 27.2 Å². The van der Waals surface area contributed by atoms with Crippen LogP contribution in [0.15, 0.2) is 112 Å². The van der Waals surface area contributed by atoms with Gasteiger partial charge < -0.3 is 17.2 Å². The van der Waals surface area contributed by atoms with E-state index in [9.17, 15) is 8.42 Å². The van der Waals surface area contributed by atoms with Crippen LogP contribution in [-0.2, 0) is 21.6 Å². The predicted octanol–water partition coefficient (Wildman–Crippen LogP) is 8.91.